The zero-order valence-electron chi connectivity index (χ0n) is 12.4. The van der Waals surface area contributed by atoms with Crippen LogP contribution in [0.5, 0.6) is 0 Å². The number of nitrogens with one attached hydrogen (secondary N) is 1. The minimum atomic E-state index is -0.857. The van der Waals surface area contributed by atoms with Crippen LogP contribution < -0.4 is 5.32 Å². The summed E-state index contributed by atoms with van der Waals surface area (Å²) in [5.41, 5.74) is 0.637. The van der Waals surface area contributed by atoms with Crippen molar-refractivity contribution in [3.05, 3.63) is 35.4 Å². The van der Waals surface area contributed by atoms with Gasteiger partial charge in [0.15, 0.2) is 5.78 Å². The Kier molecular flexibility index (Phi) is 2.72. The summed E-state index contributed by atoms with van der Waals surface area (Å²) in [5, 5.41) is 12.6. The van der Waals surface area contributed by atoms with E-state index in [0.717, 1.165) is 31.2 Å². The highest BCUT2D eigenvalue weighted by atomic mass is 16.2. The molecule has 3 aliphatic carbocycles. The van der Waals surface area contributed by atoms with E-state index in [2.05, 4.69) is 11.4 Å². The van der Waals surface area contributed by atoms with Crippen LogP contribution >= 0.6 is 0 Å². The summed E-state index contributed by atoms with van der Waals surface area (Å²) in [4.78, 5) is 24.8. The molecule has 0 aromatic heterocycles. The first kappa shape index (κ1) is 13.5. The second-order valence-corrected chi connectivity index (χ2v) is 6.92. The SMILES string of the molecule is N#CC1(C(=O)NC2CC(=O)c3ccccc32)CC12CCCC2. The monoisotopic (exact) mass is 294 g/mol. The van der Waals surface area contributed by atoms with Crippen molar-refractivity contribution in [2.24, 2.45) is 10.8 Å². The third-order valence-corrected chi connectivity index (χ3v) is 5.85. The molecule has 4 rings (SSSR count). The molecule has 2 fully saturated rings. The van der Waals surface area contributed by atoms with Gasteiger partial charge in [-0.05, 0) is 24.8 Å². The molecule has 1 N–H and O–H groups in total. The van der Waals surface area contributed by atoms with Crippen LogP contribution in [-0.2, 0) is 4.79 Å². The number of hydrogen-bond acceptors (Lipinski definition) is 3. The van der Waals surface area contributed by atoms with E-state index in [4.69, 9.17) is 0 Å². The number of nitrogens with zero attached hydrogens (tertiary/aromatic N) is 1. The van der Waals surface area contributed by atoms with Gasteiger partial charge in [0, 0.05) is 17.4 Å². The van der Waals surface area contributed by atoms with Gasteiger partial charge < -0.3 is 5.32 Å². The molecule has 2 unspecified atom stereocenters. The van der Waals surface area contributed by atoms with E-state index in [0.29, 0.717) is 18.4 Å². The standard InChI is InChI=1S/C18H18N2O2/c19-11-18(10-17(18)7-3-4-8-17)16(22)20-14-9-15(21)13-6-2-1-5-12(13)14/h1-2,5-6,14H,3-4,7-10H2,(H,20,22). The summed E-state index contributed by atoms with van der Waals surface area (Å²) in [5.74, 6) is -0.107. The first-order chi connectivity index (χ1) is 10.6. The highest BCUT2D eigenvalue weighted by molar-refractivity contribution is 6.02. The van der Waals surface area contributed by atoms with Crippen molar-refractivity contribution < 1.29 is 9.59 Å². The molecule has 0 aliphatic heterocycles. The Morgan fingerprint density at radius 1 is 1.27 bits per heavy atom. The quantitative estimate of drug-likeness (QED) is 0.911. The van der Waals surface area contributed by atoms with Crippen molar-refractivity contribution in [1.82, 2.24) is 5.32 Å². The minimum absolute atomic E-state index is 0.0679. The van der Waals surface area contributed by atoms with Gasteiger partial charge in [0.2, 0.25) is 5.91 Å². The second-order valence-electron chi connectivity index (χ2n) is 6.92. The van der Waals surface area contributed by atoms with Gasteiger partial charge in [0.1, 0.15) is 5.41 Å². The van der Waals surface area contributed by atoms with Gasteiger partial charge in [0.05, 0.1) is 12.1 Å². The summed E-state index contributed by atoms with van der Waals surface area (Å²) in [6.45, 7) is 0. The maximum absolute atomic E-state index is 12.7. The minimum Gasteiger partial charge on any atom is -0.347 e. The third-order valence-electron chi connectivity index (χ3n) is 5.85. The smallest absolute Gasteiger partial charge is 0.241 e. The zero-order chi connectivity index (χ0) is 15.4. The lowest BCUT2D eigenvalue weighted by Gasteiger charge is -2.19. The Bertz CT molecular complexity index is 712. The number of amides is 1. The highest BCUT2D eigenvalue weighted by Gasteiger charge is 2.73. The fraction of sp³-hybridized carbons (Fsp3) is 0.500. The molecule has 4 nitrogen and oxygen atoms in total. The Morgan fingerprint density at radius 2 is 2.00 bits per heavy atom. The number of carbonyl (C=O) groups excluding carboxylic acids is 2. The number of benzene rings is 1. The second kappa shape index (κ2) is 4.42. The lowest BCUT2D eigenvalue weighted by Crippen LogP contribution is -2.36. The fourth-order valence-electron chi connectivity index (χ4n) is 4.52. The van der Waals surface area contributed by atoms with Gasteiger partial charge >= 0.3 is 0 Å². The van der Waals surface area contributed by atoms with Crippen LogP contribution in [0.2, 0.25) is 0 Å². The van der Waals surface area contributed by atoms with Crippen LogP contribution in [0.3, 0.4) is 0 Å². The third kappa shape index (κ3) is 1.62. The van der Waals surface area contributed by atoms with Crippen LogP contribution in [0, 0.1) is 22.2 Å². The summed E-state index contributed by atoms with van der Waals surface area (Å²) in [7, 11) is 0. The van der Waals surface area contributed by atoms with Crippen molar-refractivity contribution in [2.75, 3.05) is 0 Å². The summed E-state index contributed by atoms with van der Waals surface area (Å²) >= 11 is 0. The molecule has 4 heteroatoms. The number of ketones is 1. The van der Waals surface area contributed by atoms with E-state index in [1.165, 1.54) is 0 Å². The van der Waals surface area contributed by atoms with Crippen molar-refractivity contribution >= 4 is 11.7 Å². The van der Waals surface area contributed by atoms with Crippen molar-refractivity contribution in [3.8, 4) is 6.07 Å². The number of carbonyl (C=O) groups is 2. The Morgan fingerprint density at radius 3 is 2.73 bits per heavy atom. The molecule has 22 heavy (non-hydrogen) atoms. The predicted octanol–water partition coefficient (Wildman–Crippen LogP) is 2.90. The van der Waals surface area contributed by atoms with Crippen molar-refractivity contribution in [3.63, 3.8) is 0 Å². The van der Waals surface area contributed by atoms with Crippen LogP contribution in [0.15, 0.2) is 24.3 Å². The molecule has 2 saturated carbocycles. The van der Waals surface area contributed by atoms with E-state index < -0.39 is 5.41 Å². The van der Waals surface area contributed by atoms with E-state index >= 15 is 0 Å². The molecular weight excluding hydrogens is 276 g/mol. The molecule has 112 valence electrons. The van der Waals surface area contributed by atoms with Crippen molar-refractivity contribution in [2.45, 2.75) is 44.6 Å². The van der Waals surface area contributed by atoms with E-state index in [-0.39, 0.29) is 23.1 Å². The number of nitriles is 1. The Labute approximate surface area is 129 Å². The first-order valence-electron chi connectivity index (χ1n) is 7.96. The van der Waals surface area contributed by atoms with Gasteiger partial charge in [-0.15, -0.1) is 0 Å². The first-order valence-corrected chi connectivity index (χ1v) is 7.96. The lowest BCUT2D eigenvalue weighted by atomic mass is 9.91. The maximum Gasteiger partial charge on any atom is 0.241 e. The molecule has 0 heterocycles. The number of fused-ring (bicyclic) bond motifs is 1. The van der Waals surface area contributed by atoms with E-state index in [1.54, 1.807) is 6.07 Å². The molecule has 2 atom stereocenters. The van der Waals surface area contributed by atoms with Gasteiger partial charge in [0.25, 0.3) is 0 Å². The van der Waals surface area contributed by atoms with Crippen molar-refractivity contribution in [1.29, 1.82) is 5.26 Å². The lowest BCUT2D eigenvalue weighted by molar-refractivity contribution is -0.126. The average molecular weight is 294 g/mol. The van der Waals surface area contributed by atoms with Crippen LogP contribution in [-0.4, -0.2) is 11.7 Å². The molecule has 0 saturated heterocycles. The zero-order valence-corrected chi connectivity index (χ0v) is 12.4. The highest BCUT2D eigenvalue weighted by Crippen LogP contribution is 2.71. The topological polar surface area (TPSA) is 70.0 Å². The van der Waals surface area contributed by atoms with E-state index in [1.807, 2.05) is 18.2 Å². The molecule has 0 radical (unpaired) electrons. The molecule has 3 aliphatic rings. The molecular formula is C18H18N2O2. The number of hydrogen-bond donors (Lipinski definition) is 1. The predicted molar refractivity (Wildman–Crippen MR) is 79.8 cm³/mol. The van der Waals surface area contributed by atoms with Gasteiger partial charge in [-0.3, -0.25) is 9.59 Å². The fourth-order valence-corrected chi connectivity index (χ4v) is 4.52. The van der Waals surface area contributed by atoms with Gasteiger partial charge in [-0.25, -0.2) is 0 Å². The number of Topliss-reactive ketones (excluding diaryl/α,β-unsaturated/α-hetero) is 1. The van der Waals surface area contributed by atoms with E-state index in [9.17, 15) is 14.9 Å². The number of rotatable bonds is 2. The average Bonchev–Trinajstić information content (AvgIpc) is 2.79. The van der Waals surface area contributed by atoms with Crippen LogP contribution in [0.25, 0.3) is 0 Å². The van der Waals surface area contributed by atoms with Crippen LogP contribution in [0.1, 0.15) is 60.5 Å². The molecule has 1 aromatic carbocycles. The Hall–Kier alpha value is -2.15. The molecule has 1 spiro atoms. The molecule has 1 aromatic rings. The van der Waals surface area contributed by atoms with Gasteiger partial charge in [-0.2, -0.15) is 5.26 Å². The Balaban J connectivity index is 1.57. The molecule has 1 amide bonds. The molecule has 0 bridgehead atoms. The summed E-state index contributed by atoms with van der Waals surface area (Å²) < 4.78 is 0. The largest absolute Gasteiger partial charge is 0.347 e. The summed E-state index contributed by atoms with van der Waals surface area (Å²) in [6.07, 6.45) is 5.18. The normalized spacial score (nSPS) is 30.9. The van der Waals surface area contributed by atoms with Gasteiger partial charge in [-0.1, -0.05) is 37.1 Å². The summed E-state index contributed by atoms with van der Waals surface area (Å²) in [6, 6.07) is 9.44. The van der Waals surface area contributed by atoms with Crippen LogP contribution in [0.4, 0.5) is 0 Å². The maximum atomic E-state index is 12.7.